The number of nitrogens with zero attached hydrogens (tertiary/aromatic N) is 3. The van der Waals surface area contributed by atoms with Crippen molar-refractivity contribution in [1.82, 2.24) is 14.5 Å². The van der Waals surface area contributed by atoms with Crippen LogP contribution in [0.1, 0.15) is 17.1 Å². The number of aryl methyl sites for hydroxylation is 1. The van der Waals surface area contributed by atoms with Crippen LogP contribution in [0.5, 0.6) is 0 Å². The van der Waals surface area contributed by atoms with E-state index in [1.54, 1.807) is 6.20 Å². The van der Waals surface area contributed by atoms with E-state index in [0.717, 1.165) is 34.7 Å². The molecule has 0 aliphatic rings. The second kappa shape index (κ2) is 4.82. The minimum atomic E-state index is 0.460. The minimum absolute atomic E-state index is 0.460. The average Bonchev–Trinajstić information content (AvgIpc) is 2.76. The monoisotopic (exact) mass is 252 g/mol. The predicted molar refractivity (Wildman–Crippen MR) is 75.7 cm³/mol. The first kappa shape index (κ1) is 11.9. The van der Waals surface area contributed by atoms with Crippen molar-refractivity contribution in [3.05, 3.63) is 59.7 Å². The first-order chi connectivity index (χ1) is 9.29. The molecular formula is C15H16N4. The van der Waals surface area contributed by atoms with E-state index in [2.05, 4.69) is 26.7 Å². The van der Waals surface area contributed by atoms with Gasteiger partial charge in [0.25, 0.3) is 0 Å². The maximum atomic E-state index is 5.74. The van der Waals surface area contributed by atoms with E-state index >= 15 is 0 Å². The molecule has 0 atom stereocenters. The van der Waals surface area contributed by atoms with Gasteiger partial charge in [-0.1, -0.05) is 18.2 Å². The third-order valence-electron chi connectivity index (χ3n) is 3.35. The maximum absolute atomic E-state index is 5.74. The molecule has 0 saturated heterocycles. The number of hydrogen-bond donors (Lipinski definition) is 1. The molecule has 0 amide bonds. The first-order valence-electron chi connectivity index (χ1n) is 6.34. The molecule has 2 aromatic heterocycles. The number of pyridine rings is 1. The molecule has 19 heavy (non-hydrogen) atoms. The first-order valence-corrected chi connectivity index (χ1v) is 6.34. The van der Waals surface area contributed by atoms with Crippen molar-refractivity contribution in [1.29, 1.82) is 0 Å². The summed E-state index contributed by atoms with van der Waals surface area (Å²) in [7, 11) is 0. The molecule has 0 saturated carbocycles. The largest absolute Gasteiger partial charge is 0.325 e. The van der Waals surface area contributed by atoms with Crippen LogP contribution >= 0.6 is 0 Å². The van der Waals surface area contributed by atoms with Gasteiger partial charge in [0.1, 0.15) is 5.82 Å². The van der Waals surface area contributed by atoms with E-state index in [4.69, 9.17) is 5.73 Å². The molecule has 3 rings (SSSR count). The van der Waals surface area contributed by atoms with Crippen molar-refractivity contribution < 1.29 is 0 Å². The summed E-state index contributed by atoms with van der Waals surface area (Å²) in [6, 6.07) is 12.2. The SMILES string of the molecule is Cc1nc2ccccc2n1Cc1cccnc1CN. The van der Waals surface area contributed by atoms with Crippen molar-refractivity contribution in [3.63, 3.8) is 0 Å². The second-order valence-electron chi connectivity index (χ2n) is 4.55. The molecule has 0 bridgehead atoms. The number of rotatable bonds is 3. The maximum Gasteiger partial charge on any atom is 0.107 e. The Morgan fingerprint density at radius 2 is 2.00 bits per heavy atom. The summed E-state index contributed by atoms with van der Waals surface area (Å²) >= 11 is 0. The van der Waals surface area contributed by atoms with Gasteiger partial charge in [-0.15, -0.1) is 0 Å². The van der Waals surface area contributed by atoms with E-state index in [1.807, 2.05) is 31.2 Å². The molecule has 1 aromatic carbocycles. The van der Waals surface area contributed by atoms with Crippen molar-refractivity contribution in [2.45, 2.75) is 20.0 Å². The summed E-state index contributed by atoms with van der Waals surface area (Å²) in [5.41, 5.74) is 10.0. The highest BCUT2D eigenvalue weighted by molar-refractivity contribution is 5.75. The summed E-state index contributed by atoms with van der Waals surface area (Å²) < 4.78 is 2.20. The number of fused-ring (bicyclic) bond motifs is 1. The normalized spacial score (nSPS) is 11.1. The Bertz CT molecular complexity index is 715. The Kier molecular flexibility index (Phi) is 3.01. The van der Waals surface area contributed by atoms with Crippen LogP contribution in [-0.2, 0) is 13.1 Å². The summed E-state index contributed by atoms with van der Waals surface area (Å²) in [5.74, 6) is 1.01. The highest BCUT2D eigenvalue weighted by Gasteiger charge is 2.09. The lowest BCUT2D eigenvalue weighted by atomic mass is 10.2. The highest BCUT2D eigenvalue weighted by atomic mass is 15.1. The van der Waals surface area contributed by atoms with Gasteiger partial charge in [-0.2, -0.15) is 0 Å². The van der Waals surface area contributed by atoms with Gasteiger partial charge in [0.2, 0.25) is 0 Å². The molecule has 0 unspecified atom stereocenters. The highest BCUT2D eigenvalue weighted by Crippen LogP contribution is 2.18. The topological polar surface area (TPSA) is 56.7 Å². The van der Waals surface area contributed by atoms with Gasteiger partial charge in [0.15, 0.2) is 0 Å². The molecule has 3 aromatic rings. The van der Waals surface area contributed by atoms with E-state index in [0.29, 0.717) is 6.54 Å². The Labute approximate surface area is 111 Å². The smallest absolute Gasteiger partial charge is 0.107 e. The lowest BCUT2D eigenvalue weighted by molar-refractivity contribution is 0.766. The molecule has 0 aliphatic carbocycles. The molecule has 0 aliphatic heterocycles. The third-order valence-corrected chi connectivity index (χ3v) is 3.35. The third kappa shape index (κ3) is 2.11. The standard InChI is InChI=1S/C15H16N4/c1-11-18-13-6-2-3-7-15(13)19(11)10-12-5-4-8-17-14(12)9-16/h2-8H,9-10,16H2,1H3. The van der Waals surface area contributed by atoms with E-state index < -0.39 is 0 Å². The fourth-order valence-electron chi connectivity index (χ4n) is 2.36. The van der Waals surface area contributed by atoms with Crippen LogP contribution in [0.4, 0.5) is 0 Å². The second-order valence-corrected chi connectivity index (χ2v) is 4.55. The van der Waals surface area contributed by atoms with Gasteiger partial charge in [-0.25, -0.2) is 4.98 Å². The van der Waals surface area contributed by atoms with Crippen LogP contribution in [0.15, 0.2) is 42.6 Å². The number of imidazole rings is 1. The lowest BCUT2D eigenvalue weighted by Gasteiger charge is -2.10. The lowest BCUT2D eigenvalue weighted by Crippen LogP contribution is -2.09. The molecule has 4 nitrogen and oxygen atoms in total. The van der Waals surface area contributed by atoms with Crippen molar-refractivity contribution in [2.24, 2.45) is 5.73 Å². The van der Waals surface area contributed by atoms with Crippen LogP contribution in [0.2, 0.25) is 0 Å². The number of para-hydroxylation sites is 2. The number of hydrogen-bond acceptors (Lipinski definition) is 3. The van der Waals surface area contributed by atoms with Gasteiger partial charge < -0.3 is 10.3 Å². The molecule has 2 N–H and O–H groups in total. The zero-order chi connectivity index (χ0) is 13.2. The van der Waals surface area contributed by atoms with E-state index in [1.165, 1.54) is 0 Å². The molecule has 2 heterocycles. The molecule has 0 radical (unpaired) electrons. The summed E-state index contributed by atoms with van der Waals surface area (Å²) in [5, 5.41) is 0. The van der Waals surface area contributed by atoms with Crippen LogP contribution in [0.3, 0.4) is 0 Å². The zero-order valence-corrected chi connectivity index (χ0v) is 10.9. The number of benzene rings is 1. The van der Waals surface area contributed by atoms with Gasteiger partial charge in [-0.3, -0.25) is 4.98 Å². The molecular weight excluding hydrogens is 236 g/mol. The van der Waals surface area contributed by atoms with Crippen LogP contribution in [0, 0.1) is 6.92 Å². The van der Waals surface area contributed by atoms with Gasteiger partial charge in [0, 0.05) is 12.7 Å². The fraction of sp³-hybridized carbons (Fsp3) is 0.200. The zero-order valence-electron chi connectivity index (χ0n) is 10.9. The number of nitrogens with two attached hydrogens (primary N) is 1. The van der Waals surface area contributed by atoms with E-state index in [-0.39, 0.29) is 0 Å². The van der Waals surface area contributed by atoms with Crippen LogP contribution < -0.4 is 5.73 Å². The quantitative estimate of drug-likeness (QED) is 0.777. The summed E-state index contributed by atoms with van der Waals surface area (Å²) in [6.45, 7) is 3.24. The Morgan fingerprint density at radius 3 is 2.84 bits per heavy atom. The number of aromatic nitrogens is 3. The van der Waals surface area contributed by atoms with Gasteiger partial charge >= 0.3 is 0 Å². The molecule has 96 valence electrons. The summed E-state index contributed by atoms with van der Waals surface area (Å²) in [4.78, 5) is 8.90. The van der Waals surface area contributed by atoms with Gasteiger partial charge in [-0.05, 0) is 30.7 Å². The fourth-order valence-corrected chi connectivity index (χ4v) is 2.36. The van der Waals surface area contributed by atoms with Gasteiger partial charge in [0.05, 0.1) is 23.3 Å². The van der Waals surface area contributed by atoms with Crippen molar-refractivity contribution in [3.8, 4) is 0 Å². The average molecular weight is 252 g/mol. The Morgan fingerprint density at radius 1 is 1.16 bits per heavy atom. The van der Waals surface area contributed by atoms with Crippen molar-refractivity contribution >= 4 is 11.0 Å². The minimum Gasteiger partial charge on any atom is -0.325 e. The van der Waals surface area contributed by atoms with Crippen molar-refractivity contribution in [2.75, 3.05) is 0 Å². The Balaban J connectivity index is 2.08. The van der Waals surface area contributed by atoms with Crippen LogP contribution in [-0.4, -0.2) is 14.5 Å². The predicted octanol–water partition coefficient (Wildman–Crippen LogP) is 2.25. The van der Waals surface area contributed by atoms with Crippen LogP contribution in [0.25, 0.3) is 11.0 Å². The Hall–Kier alpha value is -2.20. The van der Waals surface area contributed by atoms with E-state index in [9.17, 15) is 0 Å². The molecule has 0 spiro atoms. The molecule has 0 fully saturated rings. The summed E-state index contributed by atoms with van der Waals surface area (Å²) in [6.07, 6.45) is 1.78. The molecule has 4 heteroatoms.